The minimum Gasteiger partial charge on any atom is -0.390 e. The Morgan fingerprint density at radius 3 is 2.41 bits per heavy atom. The minimum atomic E-state index is -3.32. The second-order valence-electron chi connectivity index (χ2n) is 9.72. The van der Waals surface area contributed by atoms with Crippen molar-refractivity contribution in [3.63, 3.8) is 0 Å². The summed E-state index contributed by atoms with van der Waals surface area (Å²) in [6, 6.07) is 9.47. The Balaban J connectivity index is 1.85. The number of hydrogen-bond donors (Lipinski definition) is 2. The van der Waals surface area contributed by atoms with Gasteiger partial charge in [0.1, 0.15) is 6.61 Å². The molecule has 9 heteroatoms. The molecule has 7 nitrogen and oxygen atoms in total. The van der Waals surface area contributed by atoms with Crippen molar-refractivity contribution in [1.82, 2.24) is 19.3 Å². The van der Waals surface area contributed by atoms with E-state index < -0.39 is 18.1 Å². The molecule has 0 saturated heterocycles. The van der Waals surface area contributed by atoms with Crippen molar-refractivity contribution in [2.24, 2.45) is 7.05 Å². The van der Waals surface area contributed by atoms with Gasteiger partial charge in [0.25, 0.3) is 5.92 Å². The van der Waals surface area contributed by atoms with Crippen molar-refractivity contribution in [3.8, 4) is 0 Å². The van der Waals surface area contributed by atoms with E-state index in [9.17, 15) is 13.6 Å². The molecule has 180 valence electrons. The fourth-order valence-electron chi connectivity index (χ4n) is 4.28. The number of nitrogens with one attached hydrogen (secondary N) is 1. The van der Waals surface area contributed by atoms with Crippen LogP contribution in [0.3, 0.4) is 0 Å². The molecule has 2 heterocycles. The second-order valence-corrected chi connectivity index (χ2v) is 9.72. The Bertz CT molecular complexity index is 1450. The summed E-state index contributed by atoms with van der Waals surface area (Å²) in [5.74, 6) is -2.83. The summed E-state index contributed by atoms with van der Waals surface area (Å²) in [5, 5.41) is 22.6. The van der Waals surface area contributed by atoms with E-state index >= 15 is 0 Å². The molecule has 4 rings (SSSR count). The highest BCUT2D eigenvalue weighted by Crippen LogP contribution is 2.33. The first-order chi connectivity index (χ1) is 15.8. The first-order valence-electron chi connectivity index (χ1n) is 11.1. The number of anilines is 1. The lowest BCUT2D eigenvalue weighted by Crippen LogP contribution is -2.34. The molecule has 0 amide bonds. The quantitative estimate of drug-likeness (QED) is 0.446. The summed E-state index contributed by atoms with van der Waals surface area (Å²) in [4.78, 5) is 13.0. The molecule has 0 aliphatic carbocycles. The number of imidazole rings is 1. The number of nitrogens with zero attached hydrogens (tertiary/aromatic N) is 4. The summed E-state index contributed by atoms with van der Waals surface area (Å²) in [5.41, 5.74) is 2.12. The van der Waals surface area contributed by atoms with Gasteiger partial charge in [-0.25, -0.2) is 4.79 Å². The Hall–Kier alpha value is -3.33. The number of aromatic nitrogens is 4. The van der Waals surface area contributed by atoms with Crippen molar-refractivity contribution in [3.05, 3.63) is 63.7 Å². The molecule has 0 bridgehead atoms. The van der Waals surface area contributed by atoms with Crippen LogP contribution in [-0.4, -0.2) is 31.0 Å². The number of aliphatic hydroxyl groups is 1. The molecule has 2 N–H and O–H groups in total. The van der Waals surface area contributed by atoms with Crippen LogP contribution in [0.4, 0.5) is 14.6 Å². The van der Waals surface area contributed by atoms with Crippen LogP contribution in [0.5, 0.6) is 0 Å². The third kappa shape index (κ3) is 3.94. The van der Waals surface area contributed by atoms with Gasteiger partial charge in [0.2, 0.25) is 0 Å². The van der Waals surface area contributed by atoms with Gasteiger partial charge < -0.3 is 10.4 Å². The van der Waals surface area contributed by atoms with Gasteiger partial charge in [0.05, 0.1) is 22.8 Å². The van der Waals surface area contributed by atoms with Crippen LogP contribution in [0.1, 0.15) is 50.6 Å². The fourth-order valence-corrected chi connectivity index (χ4v) is 4.28. The first kappa shape index (κ1) is 23.8. The zero-order chi connectivity index (χ0) is 25.0. The molecule has 34 heavy (non-hydrogen) atoms. The maximum atomic E-state index is 14.0. The lowest BCUT2D eigenvalue weighted by molar-refractivity contribution is -0.0556. The van der Waals surface area contributed by atoms with Gasteiger partial charge in [-0.05, 0) is 58.4 Å². The molecule has 0 spiro atoms. The number of hydrogen-bond acceptors (Lipinski definition) is 5. The number of rotatable bonds is 5. The largest absolute Gasteiger partial charge is 0.390 e. The smallest absolute Gasteiger partial charge is 0.329 e. The molecule has 2 aromatic carbocycles. The van der Waals surface area contributed by atoms with E-state index in [1.165, 1.54) is 12.1 Å². The van der Waals surface area contributed by atoms with Gasteiger partial charge in [-0.2, -0.15) is 13.9 Å². The lowest BCUT2D eigenvalue weighted by Gasteiger charge is -2.21. The third-order valence-electron chi connectivity index (χ3n) is 6.17. The van der Waals surface area contributed by atoms with Crippen LogP contribution >= 0.6 is 0 Å². The molecule has 0 aliphatic heterocycles. The minimum absolute atomic E-state index is 0.110. The van der Waals surface area contributed by atoms with Gasteiger partial charge in [-0.15, -0.1) is 5.10 Å². The maximum Gasteiger partial charge on any atom is 0.329 e. The van der Waals surface area contributed by atoms with Crippen LogP contribution in [-0.2, 0) is 18.5 Å². The molecular formula is C25H29F2N5O2. The van der Waals surface area contributed by atoms with Crippen LogP contribution in [0.2, 0.25) is 0 Å². The van der Waals surface area contributed by atoms with Crippen molar-refractivity contribution in [1.29, 1.82) is 0 Å². The van der Waals surface area contributed by atoms with Crippen LogP contribution in [0.15, 0.2) is 41.2 Å². The van der Waals surface area contributed by atoms with E-state index in [1.54, 1.807) is 28.3 Å². The van der Waals surface area contributed by atoms with E-state index in [4.69, 9.17) is 5.11 Å². The van der Waals surface area contributed by atoms with Gasteiger partial charge in [-0.1, -0.05) is 18.2 Å². The average molecular weight is 470 g/mol. The SMILES string of the molecule is Cc1nnc(N[C@H](C)c2cccc(C(F)(F)CO)c2)c2cc3c(cc12)n(C)c(=O)n3C(C)(C)C. The molecule has 4 aromatic rings. The average Bonchev–Trinajstić information content (AvgIpc) is 3.04. The summed E-state index contributed by atoms with van der Waals surface area (Å²) < 4.78 is 31.4. The highest BCUT2D eigenvalue weighted by molar-refractivity contribution is 6.01. The number of fused-ring (bicyclic) bond motifs is 2. The predicted molar refractivity (Wildman–Crippen MR) is 129 cm³/mol. The third-order valence-corrected chi connectivity index (χ3v) is 6.17. The monoisotopic (exact) mass is 469 g/mol. The maximum absolute atomic E-state index is 14.0. The number of halogens is 2. The molecule has 2 aromatic heterocycles. The van der Waals surface area contributed by atoms with E-state index in [0.29, 0.717) is 11.4 Å². The second kappa shape index (κ2) is 8.16. The topological polar surface area (TPSA) is 85.0 Å². The molecule has 0 fully saturated rings. The Labute approximate surface area is 196 Å². The number of alkyl halides is 2. The Morgan fingerprint density at radius 2 is 1.76 bits per heavy atom. The number of benzene rings is 2. The first-order valence-corrected chi connectivity index (χ1v) is 11.1. The Kier molecular flexibility index (Phi) is 5.72. The standard InChI is InChI=1S/C25H29F2N5O2/c1-14(16-8-7-9-17(10-16)25(26,27)13-33)28-22-19-12-21-20(11-18(19)15(2)29-30-22)31(6)23(34)32(21)24(3,4)5/h7-12,14,33H,13H2,1-6H3,(H,28,30)/t14-/m1/s1. The van der Waals surface area contributed by atoms with Crippen molar-refractivity contribution in [2.75, 3.05) is 11.9 Å². The highest BCUT2D eigenvalue weighted by Gasteiger charge is 2.31. The lowest BCUT2D eigenvalue weighted by atomic mass is 10.0. The van der Waals surface area contributed by atoms with Crippen molar-refractivity contribution in [2.45, 2.75) is 52.1 Å². The van der Waals surface area contributed by atoms with Gasteiger partial charge in [-0.3, -0.25) is 9.13 Å². The van der Waals surface area contributed by atoms with Gasteiger partial charge in [0.15, 0.2) is 5.82 Å². The van der Waals surface area contributed by atoms with E-state index in [0.717, 1.165) is 27.5 Å². The summed E-state index contributed by atoms with van der Waals surface area (Å²) >= 11 is 0. The number of aryl methyl sites for hydroxylation is 2. The summed E-state index contributed by atoms with van der Waals surface area (Å²) in [6.45, 7) is 8.37. The van der Waals surface area contributed by atoms with E-state index in [2.05, 4.69) is 15.5 Å². The van der Waals surface area contributed by atoms with E-state index in [1.807, 2.05) is 46.8 Å². The predicted octanol–water partition coefficient (Wildman–Crippen LogP) is 4.60. The Morgan fingerprint density at radius 1 is 1.09 bits per heavy atom. The fraction of sp³-hybridized carbons (Fsp3) is 0.400. The molecule has 0 saturated carbocycles. The molecule has 0 aliphatic rings. The normalized spacial score (nSPS) is 13.6. The molecule has 0 radical (unpaired) electrons. The molecular weight excluding hydrogens is 440 g/mol. The van der Waals surface area contributed by atoms with Crippen LogP contribution < -0.4 is 11.0 Å². The van der Waals surface area contributed by atoms with E-state index in [-0.39, 0.29) is 17.3 Å². The van der Waals surface area contributed by atoms with Crippen LogP contribution in [0, 0.1) is 6.92 Å². The molecule has 0 unspecified atom stereocenters. The summed E-state index contributed by atoms with van der Waals surface area (Å²) in [6.07, 6.45) is 0. The van der Waals surface area contributed by atoms with Crippen molar-refractivity contribution >= 4 is 27.6 Å². The van der Waals surface area contributed by atoms with Gasteiger partial charge in [0, 0.05) is 28.9 Å². The molecule has 1 atom stereocenters. The number of aliphatic hydroxyl groups excluding tert-OH is 1. The van der Waals surface area contributed by atoms with Crippen LogP contribution in [0.25, 0.3) is 21.8 Å². The summed E-state index contributed by atoms with van der Waals surface area (Å²) in [7, 11) is 1.75. The highest BCUT2D eigenvalue weighted by atomic mass is 19.3. The zero-order valence-electron chi connectivity index (χ0n) is 20.1. The van der Waals surface area contributed by atoms with Crippen molar-refractivity contribution < 1.29 is 13.9 Å². The van der Waals surface area contributed by atoms with Gasteiger partial charge >= 0.3 is 5.69 Å². The zero-order valence-corrected chi connectivity index (χ0v) is 20.1.